The molecule has 2 N–H and O–H groups in total. The number of aromatic nitrogens is 2. The Morgan fingerprint density at radius 2 is 2.12 bits per heavy atom. The van der Waals surface area contributed by atoms with Gasteiger partial charge in [0.05, 0.1) is 5.69 Å². The third-order valence-electron chi connectivity index (χ3n) is 3.24. The zero-order valence-electron chi connectivity index (χ0n) is 10.8. The van der Waals surface area contributed by atoms with Crippen LogP contribution in [0.25, 0.3) is 0 Å². The van der Waals surface area contributed by atoms with Gasteiger partial charge in [0, 0.05) is 18.3 Å². The molecule has 1 heterocycles. The van der Waals surface area contributed by atoms with Gasteiger partial charge in [0.1, 0.15) is 0 Å². The molecule has 2 unspecified atom stereocenters. The van der Waals surface area contributed by atoms with E-state index in [1.54, 1.807) is 0 Å². The molecule has 16 heavy (non-hydrogen) atoms. The largest absolute Gasteiger partial charge is 0.328 e. The molecule has 92 valence electrons. The summed E-state index contributed by atoms with van der Waals surface area (Å²) >= 11 is 0. The number of hydrogen-bond donors (Lipinski definition) is 1. The van der Waals surface area contributed by atoms with Crippen LogP contribution in [0, 0.1) is 0 Å². The van der Waals surface area contributed by atoms with E-state index in [1.165, 1.54) is 5.69 Å². The first kappa shape index (κ1) is 13.2. The maximum Gasteiger partial charge on any atom is 0.0624 e. The Morgan fingerprint density at radius 1 is 1.38 bits per heavy atom. The van der Waals surface area contributed by atoms with Gasteiger partial charge in [0.15, 0.2) is 0 Å². The molecule has 0 amide bonds. The lowest BCUT2D eigenvalue weighted by Crippen LogP contribution is -2.18. The molecule has 0 saturated carbocycles. The highest BCUT2D eigenvalue weighted by atomic mass is 15.3. The van der Waals surface area contributed by atoms with E-state index in [2.05, 4.69) is 42.8 Å². The smallest absolute Gasteiger partial charge is 0.0624 e. The third kappa shape index (κ3) is 3.97. The minimum atomic E-state index is 0.358. The molecule has 0 spiro atoms. The molecule has 0 saturated heterocycles. The first-order valence-corrected chi connectivity index (χ1v) is 6.47. The van der Waals surface area contributed by atoms with Crippen molar-refractivity contribution in [3.8, 4) is 0 Å². The quantitative estimate of drug-likeness (QED) is 0.772. The fourth-order valence-electron chi connectivity index (χ4n) is 1.69. The zero-order valence-corrected chi connectivity index (χ0v) is 10.8. The van der Waals surface area contributed by atoms with Gasteiger partial charge in [0.25, 0.3) is 0 Å². The molecule has 0 fully saturated rings. The Bertz CT molecular complexity index is 293. The van der Waals surface area contributed by atoms with E-state index < -0.39 is 0 Å². The summed E-state index contributed by atoms with van der Waals surface area (Å²) in [6, 6.07) is 2.99. The fraction of sp³-hybridized carbons (Fsp3) is 0.769. The molecular formula is C13H25N3. The summed E-state index contributed by atoms with van der Waals surface area (Å²) in [5.74, 6) is 0. The molecule has 1 rings (SSSR count). The molecule has 0 aromatic carbocycles. The topological polar surface area (TPSA) is 43.8 Å². The first-order chi connectivity index (χ1) is 7.67. The Hall–Kier alpha value is -0.830. The average Bonchev–Trinajstić information content (AvgIpc) is 2.76. The second kappa shape index (κ2) is 6.69. The number of rotatable bonds is 7. The number of nitrogens with zero attached hydrogens (tertiary/aromatic N) is 2. The first-order valence-electron chi connectivity index (χ1n) is 6.47. The second-order valence-electron chi connectivity index (χ2n) is 4.60. The molecule has 0 bridgehead atoms. The predicted molar refractivity (Wildman–Crippen MR) is 68.4 cm³/mol. The van der Waals surface area contributed by atoms with Crippen molar-refractivity contribution in [3.63, 3.8) is 0 Å². The van der Waals surface area contributed by atoms with E-state index in [9.17, 15) is 0 Å². The zero-order chi connectivity index (χ0) is 12.0. The maximum atomic E-state index is 5.89. The second-order valence-corrected chi connectivity index (χ2v) is 4.60. The van der Waals surface area contributed by atoms with Crippen LogP contribution in [0.15, 0.2) is 12.3 Å². The monoisotopic (exact) mass is 223 g/mol. The summed E-state index contributed by atoms with van der Waals surface area (Å²) in [5, 5.41) is 4.58. The van der Waals surface area contributed by atoms with Gasteiger partial charge in [-0.15, -0.1) is 0 Å². The summed E-state index contributed by atoms with van der Waals surface area (Å²) in [6.45, 7) is 6.53. The van der Waals surface area contributed by atoms with Gasteiger partial charge >= 0.3 is 0 Å². The summed E-state index contributed by atoms with van der Waals surface area (Å²) in [5.41, 5.74) is 7.08. The van der Waals surface area contributed by atoms with Crippen molar-refractivity contribution < 1.29 is 0 Å². The van der Waals surface area contributed by atoms with Crippen molar-refractivity contribution in [3.05, 3.63) is 18.0 Å². The van der Waals surface area contributed by atoms with E-state index in [1.807, 2.05) is 0 Å². The molecule has 2 atom stereocenters. The van der Waals surface area contributed by atoms with Gasteiger partial charge in [-0.05, 0) is 45.1 Å². The lowest BCUT2D eigenvalue weighted by atomic mass is 10.1. The summed E-state index contributed by atoms with van der Waals surface area (Å²) in [7, 11) is 0. The van der Waals surface area contributed by atoms with E-state index in [0.717, 1.165) is 32.1 Å². The van der Waals surface area contributed by atoms with Crippen LogP contribution in [-0.4, -0.2) is 15.8 Å². The van der Waals surface area contributed by atoms with Gasteiger partial charge in [-0.2, -0.15) is 5.10 Å². The van der Waals surface area contributed by atoms with Crippen molar-refractivity contribution in [1.82, 2.24) is 9.78 Å². The van der Waals surface area contributed by atoms with Crippen LogP contribution in [0.3, 0.4) is 0 Å². The van der Waals surface area contributed by atoms with Gasteiger partial charge < -0.3 is 5.73 Å². The Kier molecular flexibility index (Phi) is 5.53. The van der Waals surface area contributed by atoms with Crippen LogP contribution in [0.4, 0.5) is 0 Å². The standard InChI is InChI=1S/C13H25N3/c1-4-11(3)16-10-9-13(15-16)8-6-7-12(14)5-2/h9-12H,4-8,14H2,1-3H3. The normalized spacial score (nSPS) is 15.0. The predicted octanol–water partition coefficient (Wildman–Crippen LogP) is 2.91. The highest BCUT2D eigenvalue weighted by Gasteiger charge is 2.05. The van der Waals surface area contributed by atoms with Crippen LogP contribution in [0.1, 0.15) is 58.2 Å². The van der Waals surface area contributed by atoms with Crippen LogP contribution in [0.2, 0.25) is 0 Å². The molecule has 3 nitrogen and oxygen atoms in total. The van der Waals surface area contributed by atoms with Gasteiger partial charge in [-0.3, -0.25) is 4.68 Å². The molecule has 0 aliphatic heterocycles. The summed E-state index contributed by atoms with van der Waals surface area (Å²) in [4.78, 5) is 0. The fourth-order valence-corrected chi connectivity index (χ4v) is 1.69. The minimum Gasteiger partial charge on any atom is -0.328 e. The highest BCUT2D eigenvalue weighted by Crippen LogP contribution is 2.11. The van der Waals surface area contributed by atoms with Crippen molar-refractivity contribution in [2.75, 3.05) is 0 Å². The number of aryl methyl sites for hydroxylation is 1. The van der Waals surface area contributed by atoms with E-state index in [0.29, 0.717) is 12.1 Å². The lowest BCUT2D eigenvalue weighted by molar-refractivity contribution is 0.471. The molecule has 1 aromatic rings. The average molecular weight is 223 g/mol. The van der Waals surface area contributed by atoms with Crippen LogP contribution >= 0.6 is 0 Å². The van der Waals surface area contributed by atoms with Gasteiger partial charge in [0.2, 0.25) is 0 Å². The Labute approximate surface area is 99.0 Å². The molecule has 0 radical (unpaired) electrons. The minimum absolute atomic E-state index is 0.358. The lowest BCUT2D eigenvalue weighted by Gasteiger charge is -2.08. The van der Waals surface area contributed by atoms with E-state index >= 15 is 0 Å². The number of hydrogen-bond acceptors (Lipinski definition) is 2. The molecule has 3 heteroatoms. The maximum absolute atomic E-state index is 5.89. The highest BCUT2D eigenvalue weighted by molar-refractivity contribution is 4.99. The van der Waals surface area contributed by atoms with E-state index in [-0.39, 0.29) is 0 Å². The van der Waals surface area contributed by atoms with Crippen LogP contribution in [0.5, 0.6) is 0 Å². The van der Waals surface area contributed by atoms with Crippen molar-refractivity contribution in [2.24, 2.45) is 5.73 Å². The van der Waals surface area contributed by atoms with Crippen molar-refractivity contribution in [2.45, 2.75) is 65.0 Å². The number of nitrogens with two attached hydrogens (primary N) is 1. The Balaban J connectivity index is 2.35. The van der Waals surface area contributed by atoms with Gasteiger partial charge in [-0.1, -0.05) is 13.8 Å². The summed E-state index contributed by atoms with van der Waals surface area (Å²) < 4.78 is 2.06. The molecule has 1 aromatic heterocycles. The summed E-state index contributed by atoms with van der Waals surface area (Å²) in [6.07, 6.45) is 7.59. The molecule has 0 aliphatic rings. The molecular weight excluding hydrogens is 198 g/mol. The van der Waals surface area contributed by atoms with E-state index in [4.69, 9.17) is 5.73 Å². The Morgan fingerprint density at radius 3 is 2.75 bits per heavy atom. The van der Waals surface area contributed by atoms with Crippen LogP contribution < -0.4 is 5.73 Å². The van der Waals surface area contributed by atoms with Crippen LogP contribution in [-0.2, 0) is 6.42 Å². The van der Waals surface area contributed by atoms with Crippen molar-refractivity contribution >= 4 is 0 Å². The SMILES string of the molecule is CCC(N)CCCc1ccn(C(C)CC)n1. The van der Waals surface area contributed by atoms with Gasteiger partial charge in [-0.25, -0.2) is 0 Å². The van der Waals surface area contributed by atoms with Crippen molar-refractivity contribution in [1.29, 1.82) is 0 Å². The third-order valence-corrected chi connectivity index (χ3v) is 3.24. The molecule has 0 aliphatic carbocycles.